The van der Waals surface area contributed by atoms with Crippen LogP contribution in [0.4, 0.5) is 0 Å². The fraction of sp³-hybridized carbons (Fsp3) is 0.217. The zero-order chi connectivity index (χ0) is 18.5. The van der Waals surface area contributed by atoms with Gasteiger partial charge in [-0.05, 0) is 60.1 Å². The molecule has 0 heterocycles. The van der Waals surface area contributed by atoms with E-state index in [1.165, 1.54) is 0 Å². The van der Waals surface area contributed by atoms with E-state index >= 15 is 0 Å². The Morgan fingerprint density at radius 2 is 1.62 bits per heavy atom. The molecule has 0 aromatic heterocycles. The summed E-state index contributed by atoms with van der Waals surface area (Å²) in [6.07, 6.45) is 5.44. The first kappa shape index (κ1) is 17.7. The van der Waals surface area contributed by atoms with Crippen LogP contribution in [0.3, 0.4) is 0 Å². The molecule has 0 aliphatic heterocycles. The molecule has 0 spiro atoms. The van der Waals surface area contributed by atoms with E-state index in [9.17, 15) is 4.79 Å². The monoisotopic (exact) mass is 343 g/mol. The Kier molecular flexibility index (Phi) is 5.34. The summed E-state index contributed by atoms with van der Waals surface area (Å²) in [6.45, 7) is 7.68. The second-order valence-corrected chi connectivity index (χ2v) is 6.61. The number of benzene rings is 2. The van der Waals surface area contributed by atoms with Gasteiger partial charge in [-0.2, -0.15) is 5.26 Å². The predicted octanol–water partition coefficient (Wildman–Crippen LogP) is 5.15. The van der Waals surface area contributed by atoms with Gasteiger partial charge in [0.15, 0.2) is 0 Å². The molecule has 1 fully saturated rings. The molecule has 0 N–H and O–H groups in total. The second kappa shape index (κ2) is 7.84. The number of carbonyl (C=O) groups is 1. The molecule has 26 heavy (non-hydrogen) atoms. The Hall–Kier alpha value is -3.12. The summed E-state index contributed by atoms with van der Waals surface area (Å²) in [5, 5.41) is 8.87. The van der Waals surface area contributed by atoms with Crippen molar-refractivity contribution in [3.8, 4) is 22.9 Å². The van der Waals surface area contributed by atoms with Gasteiger partial charge in [0.05, 0.1) is 17.6 Å². The van der Waals surface area contributed by atoms with Crippen LogP contribution < -0.4 is 4.74 Å². The molecule has 3 unspecified atom stereocenters. The minimum Gasteiger partial charge on any atom is -0.426 e. The van der Waals surface area contributed by atoms with Crippen molar-refractivity contribution in [1.82, 2.24) is 0 Å². The van der Waals surface area contributed by atoms with Crippen molar-refractivity contribution in [1.29, 1.82) is 5.26 Å². The van der Waals surface area contributed by atoms with Crippen LogP contribution in [0.1, 0.15) is 18.4 Å². The quantitative estimate of drug-likeness (QED) is 0.429. The van der Waals surface area contributed by atoms with Gasteiger partial charge >= 0.3 is 5.97 Å². The summed E-state index contributed by atoms with van der Waals surface area (Å²) < 4.78 is 5.59. The van der Waals surface area contributed by atoms with Crippen LogP contribution in [0, 0.1) is 29.1 Å². The molecule has 1 aliphatic rings. The lowest BCUT2D eigenvalue weighted by Gasteiger charge is -2.14. The molecule has 0 bridgehead atoms. The zero-order valence-electron chi connectivity index (χ0n) is 14.6. The summed E-state index contributed by atoms with van der Waals surface area (Å²) in [5.41, 5.74) is 2.65. The molecule has 0 saturated heterocycles. The molecule has 130 valence electrons. The number of hydrogen-bond donors (Lipinski definition) is 0. The average Bonchev–Trinajstić information content (AvgIpc) is 3.12. The van der Waals surface area contributed by atoms with Gasteiger partial charge in [0.1, 0.15) is 5.75 Å². The topological polar surface area (TPSA) is 50.1 Å². The Labute approximate surface area is 154 Å². The summed E-state index contributed by atoms with van der Waals surface area (Å²) in [4.78, 5) is 12.5. The van der Waals surface area contributed by atoms with Gasteiger partial charge in [-0.15, -0.1) is 13.2 Å². The van der Waals surface area contributed by atoms with E-state index in [0.29, 0.717) is 17.2 Å². The lowest BCUT2D eigenvalue weighted by Crippen LogP contribution is -2.23. The smallest absolute Gasteiger partial charge is 0.314 e. The van der Waals surface area contributed by atoms with Crippen molar-refractivity contribution in [2.45, 2.75) is 12.8 Å². The van der Waals surface area contributed by atoms with Gasteiger partial charge in [0.25, 0.3) is 0 Å². The first-order valence-corrected chi connectivity index (χ1v) is 8.72. The number of allylic oxidation sites excluding steroid dienone is 2. The van der Waals surface area contributed by atoms with Gasteiger partial charge in [0.2, 0.25) is 0 Å². The van der Waals surface area contributed by atoms with Crippen LogP contribution in [0.15, 0.2) is 73.8 Å². The van der Waals surface area contributed by atoms with Gasteiger partial charge in [-0.3, -0.25) is 4.79 Å². The number of hydrogen-bond acceptors (Lipinski definition) is 3. The van der Waals surface area contributed by atoms with Crippen LogP contribution >= 0.6 is 0 Å². The summed E-state index contributed by atoms with van der Waals surface area (Å²) >= 11 is 0. The van der Waals surface area contributed by atoms with E-state index in [1.807, 2.05) is 36.4 Å². The van der Waals surface area contributed by atoms with E-state index < -0.39 is 0 Å². The SMILES string of the molecule is C=CC1CC(C=C)C(C(=O)Oc2ccc(-c3ccc(C#N)cc3)cc2)C1. The maximum absolute atomic E-state index is 12.5. The lowest BCUT2D eigenvalue weighted by molar-refractivity contribution is -0.139. The molecule has 1 aliphatic carbocycles. The zero-order valence-corrected chi connectivity index (χ0v) is 14.6. The second-order valence-electron chi connectivity index (χ2n) is 6.61. The van der Waals surface area contributed by atoms with E-state index in [2.05, 4.69) is 19.2 Å². The van der Waals surface area contributed by atoms with Crippen molar-refractivity contribution in [2.75, 3.05) is 0 Å². The normalized spacial score (nSPS) is 21.6. The highest BCUT2D eigenvalue weighted by atomic mass is 16.5. The van der Waals surface area contributed by atoms with Gasteiger partial charge in [-0.1, -0.05) is 36.4 Å². The molecule has 1 saturated carbocycles. The largest absolute Gasteiger partial charge is 0.426 e. The summed E-state index contributed by atoms with van der Waals surface area (Å²) in [7, 11) is 0. The first-order chi connectivity index (χ1) is 12.6. The van der Waals surface area contributed by atoms with Crippen molar-refractivity contribution < 1.29 is 9.53 Å². The van der Waals surface area contributed by atoms with Gasteiger partial charge in [0, 0.05) is 0 Å². The third-order valence-electron chi connectivity index (χ3n) is 5.01. The number of ether oxygens (including phenoxy) is 1. The van der Waals surface area contributed by atoms with E-state index in [1.54, 1.807) is 24.3 Å². The molecular weight excluding hydrogens is 322 g/mol. The Bertz CT molecular complexity index is 843. The molecule has 3 atom stereocenters. The number of esters is 1. The van der Waals surface area contributed by atoms with Crippen LogP contribution in [0.2, 0.25) is 0 Å². The Morgan fingerprint density at radius 1 is 1.00 bits per heavy atom. The molecule has 0 amide bonds. The number of nitrogens with zero attached hydrogens (tertiary/aromatic N) is 1. The first-order valence-electron chi connectivity index (χ1n) is 8.72. The molecule has 0 radical (unpaired) electrons. The third-order valence-corrected chi connectivity index (χ3v) is 5.01. The van der Waals surface area contributed by atoms with E-state index in [4.69, 9.17) is 10.00 Å². The van der Waals surface area contributed by atoms with E-state index in [0.717, 1.165) is 24.0 Å². The summed E-state index contributed by atoms with van der Waals surface area (Å²) in [6, 6.07) is 16.9. The van der Waals surface area contributed by atoms with Crippen molar-refractivity contribution >= 4 is 5.97 Å². The molecule has 3 heteroatoms. The van der Waals surface area contributed by atoms with Crippen LogP contribution in [0.25, 0.3) is 11.1 Å². The molecule has 2 aromatic carbocycles. The third kappa shape index (κ3) is 3.75. The fourth-order valence-electron chi connectivity index (χ4n) is 3.48. The van der Waals surface area contributed by atoms with E-state index in [-0.39, 0.29) is 17.8 Å². The average molecular weight is 343 g/mol. The maximum atomic E-state index is 12.5. The fourth-order valence-corrected chi connectivity index (χ4v) is 3.48. The number of carbonyl (C=O) groups excluding carboxylic acids is 1. The molecule has 3 rings (SSSR count). The Morgan fingerprint density at radius 3 is 2.15 bits per heavy atom. The Balaban J connectivity index is 1.69. The number of nitriles is 1. The standard InChI is InChI=1S/C23H21NO2/c1-3-16-13-18(4-2)22(14-16)23(25)26-21-11-9-20(10-12-21)19-7-5-17(15-24)6-8-19/h3-12,16,18,22H,1-2,13-14H2. The van der Waals surface area contributed by atoms with Crippen LogP contribution in [-0.4, -0.2) is 5.97 Å². The van der Waals surface area contributed by atoms with Crippen molar-refractivity contribution in [2.24, 2.45) is 17.8 Å². The van der Waals surface area contributed by atoms with Crippen LogP contribution in [-0.2, 0) is 4.79 Å². The van der Waals surface area contributed by atoms with Crippen LogP contribution in [0.5, 0.6) is 5.75 Å². The highest BCUT2D eigenvalue weighted by Crippen LogP contribution is 2.38. The highest BCUT2D eigenvalue weighted by molar-refractivity contribution is 5.76. The van der Waals surface area contributed by atoms with Gasteiger partial charge < -0.3 is 4.74 Å². The van der Waals surface area contributed by atoms with Crippen molar-refractivity contribution in [3.63, 3.8) is 0 Å². The maximum Gasteiger partial charge on any atom is 0.314 e. The summed E-state index contributed by atoms with van der Waals surface area (Å²) in [5.74, 6) is 0.661. The minimum atomic E-state index is -0.203. The highest BCUT2D eigenvalue weighted by Gasteiger charge is 2.37. The lowest BCUT2D eigenvalue weighted by atomic mass is 9.96. The van der Waals surface area contributed by atoms with Crippen molar-refractivity contribution in [3.05, 3.63) is 79.4 Å². The van der Waals surface area contributed by atoms with Gasteiger partial charge in [-0.25, -0.2) is 0 Å². The minimum absolute atomic E-state index is 0.142. The molecular formula is C23H21NO2. The number of rotatable bonds is 5. The molecule has 3 nitrogen and oxygen atoms in total. The molecule has 2 aromatic rings. The predicted molar refractivity (Wildman–Crippen MR) is 102 cm³/mol.